The van der Waals surface area contributed by atoms with Gasteiger partial charge in [-0.1, -0.05) is 38.8 Å². The monoisotopic (exact) mass is 306 g/mol. The first kappa shape index (κ1) is 18.1. The molecule has 0 bridgehead atoms. The van der Waals surface area contributed by atoms with Crippen LogP contribution >= 0.6 is 0 Å². The summed E-state index contributed by atoms with van der Waals surface area (Å²) < 4.78 is 11.5. The summed E-state index contributed by atoms with van der Waals surface area (Å²) in [5, 5.41) is 0. The van der Waals surface area contributed by atoms with Gasteiger partial charge in [0.15, 0.2) is 0 Å². The van der Waals surface area contributed by atoms with Gasteiger partial charge in [0, 0.05) is 0 Å². The summed E-state index contributed by atoms with van der Waals surface area (Å²) in [5.41, 5.74) is 1.75. The molecule has 2 heterocycles. The van der Waals surface area contributed by atoms with Gasteiger partial charge in [-0.25, -0.2) is 0 Å². The Balaban J connectivity index is 0.00000192. The van der Waals surface area contributed by atoms with E-state index in [0.29, 0.717) is 36.8 Å². The molecule has 5 heteroatoms. The summed E-state index contributed by atoms with van der Waals surface area (Å²) in [6.07, 6.45) is 0. The molecule has 1 aromatic carbocycles. The zero-order chi connectivity index (χ0) is 15.7. The third-order valence-electron chi connectivity index (χ3n) is 4.14. The largest absolute Gasteiger partial charge is 1.00 e. The molecule has 23 heavy (non-hydrogen) atoms. The van der Waals surface area contributed by atoms with Crippen LogP contribution in [-0.4, -0.2) is 37.1 Å². The van der Waals surface area contributed by atoms with Crippen molar-refractivity contribution < 1.29 is 28.3 Å². The number of rotatable bonds is 4. The normalized spacial score (nSPS) is 23.2. The Labute approximate surface area is 150 Å². The van der Waals surface area contributed by atoms with Crippen LogP contribution in [0.2, 0.25) is 0 Å². The van der Waals surface area contributed by atoms with Crippen molar-refractivity contribution >= 4 is 11.8 Å². The van der Waals surface area contributed by atoms with Crippen LogP contribution < -0.4 is 18.9 Å². The minimum atomic E-state index is 0. The SMILES string of the molecule is CC(C)[C@H]1COC(c2[c-]c(C3=N[C@@H](C(C)C)CO3)ccc2)=N1.[Li+]. The van der Waals surface area contributed by atoms with Gasteiger partial charge < -0.3 is 9.47 Å². The second kappa shape index (κ2) is 7.55. The van der Waals surface area contributed by atoms with Gasteiger partial charge in [-0.3, -0.25) is 9.98 Å². The van der Waals surface area contributed by atoms with E-state index in [9.17, 15) is 0 Å². The Morgan fingerprint density at radius 2 is 1.35 bits per heavy atom. The van der Waals surface area contributed by atoms with Crippen LogP contribution in [0.5, 0.6) is 0 Å². The van der Waals surface area contributed by atoms with E-state index < -0.39 is 0 Å². The summed E-state index contributed by atoms with van der Waals surface area (Å²) in [6.45, 7) is 9.94. The number of ether oxygens (including phenoxy) is 2. The first-order chi connectivity index (χ1) is 10.5. The first-order valence-corrected chi connectivity index (χ1v) is 7.99. The van der Waals surface area contributed by atoms with Crippen molar-refractivity contribution in [2.24, 2.45) is 21.8 Å². The van der Waals surface area contributed by atoms with Crippen LogP contribution in [0, 0.1) is 17.9 Å². The van der Waals surface area contributed by atoms with E-state index >= 15 is 0 Å². The second-order valence-electron chi connectivity index (χ2n) is 6.59. The molecule has 0 N–H and O–H groups in total. The average molecular weight is 306 g/mol. The molecule has 3 rings (SSSR count). The molecule has 4 nitrogen and oxygen atoms in total. The Morgan fingerprint density at radius 3 is 1.70 bits per heavy atom. The number of hydrogen-bond acceptors (Lipinski definition) is 4. The first-order valence-electron chi connectivity index (χ1n) is 7.99. The third-order valence-corrected chi connectivity index (χ3v) is 4.14. The molecule has 1 aromatic rings. The fourth-order valence-corrected chi connectivity index (χ4v) is 2.48. The minimum absolute atomic E-state index is 0. The van der Waals surface area contributed by atoms with Gasteiger partial charge in [-0.05, 0) is 11.8 Å². The fraction of sp³-hybridized carbons (Fsp3) is 0.556. The number of benzene rings is 1. The second-order valence-corrected chi connectivity index (χ2v) is 6.59. The zero-order valence-electron chi connectivity index (χ0n) is 14.7. The molecule has 0 radical (unpaired) electrons. The average Bonchev–Trinajstić information content (AvgIpc) is 3.17. The number of nitrogens with zero attached hydrogens (tertiary/aromatic N) is 2. The molecule has 0 aliphatic carbocycles. The van der Waals surface area contributed by atoms with Gasteiger partial charge in [0.25, 0.3) is 0 Å². The summed E-state index contributed by atoms with van der Waals surface area (Å²) in [5.74, 6) is 2.32. The predicted molar refractivity (Wildman–Crippen MR) is 87.5 cm³/mol. The third kappa shape index (κ3) is 3.99. The maximum absolute atomic E-state index is 5.73. The maximum atomic E-state index is 5.73. The Kier molecular flexibility index (Phi) is 5.94. The quantitative estimate of drug-likeness (QED) is 0.585. The van der Waals surface area contributed by atoms with Crippen molar-refractivity contribution in [2.75, 3.05) is 13.2 Å². The van der Waals surface area contributed by atoms with Gasteiger partial charge in [0.05, 0.1) is 12.1 Å². The molecule has 2 aliphatic heterocycles. The van der Waals surface area contributed by atoms with Crippen LogP contribution in [0.3, 0.4) is 0 Å². The van der Waals surface area contributed by atoms with E-state index in [4.69, 9.17) is 9.47 Å². The van der Waals surface area contributed by atoms with Crippen LogP contribution in [0.25, 0.3) is 0 Å². The molecule has 0 fully saturated rings. The Bertz CT molecular complexity index is 562. The molecule has 2 atom stereocenters. The summed E-state index contributed by atoms with van der Waals surface area (Å²) in [4.78, 5) is 9.30. The molecule has 118 valence electrons. The van der Waals surface area contributed by atoms with E-state index in [-0.39, 0.29) is 30.9 Å². The van der Waals surface area contributed by atoms with Gasteiger partial charge in [-0.2, -0.15) is 0 Å². The van der Waals surface area contributed by atoms with Crippen molar-refractivity contribution in [3.63, 3.8) is 0 Å². The number of hydrogen-bond donors (Lipinski definition) is 0. The smallest absolute Gasteiger partial charge is 0.510 e. The van der Waals surface area contributed by atoms with Gasteiger partial charge in [0.2, 0.25) is 0 Å². The minimum Gasteiger partial charge on any atom is -0.510 e. The Hall–Kier alpha value is -1.24. The van der Waals surface area contributed by atoms with Crippen molar-refractivity contribution in [1.29, 1.82) is 0 Å². The van der Waals surface area contributed by atoms with E-state index in [1.54, 1.807) is 0 Å². The van der Waals surface area contributed by atoms with E-state index in [1.165, 1.54) is 0 Å². The molecule has 0 spiro atoms. The van der Waals surface area contributed by atoms with E-state index in [1.807, 2.05) is 18.2 Å². The van der Waals surface area contributed by atoms with Gasteiger partial charge >= 0.3 is 18.9 Å². The van der Waals surface area contributed by atoms with Crippen molar-refractivity contribution in [3.05, 3.63) is 35.4 Å². The molecular formula is C18H23LiN2O2. The van der Waals surface area contributed by atoms with E-state index in [0.717, 1.165) is 11.1 Å². The summed E-state index contributed by atoms with van der Waals surface area (Å²) in [7, 11) is 0. The molecule has 2 aliphatic rings. The van der Waals surface area contributed by atoms with Crippen molar-refractivity contribution in [2.45, 2.75) is 39.8 Å². The summed E-state index contributed by atoms with van der Waals surface area (Å²) in [6, 6.07) is 9.73. The zero-order valence-corrected chi connectivity index (χ0v) is 14.7. The molecule has 0 unspecified atom stereocenters. The molecule has 0 saturated heterocycles. The van der Waals surface area contributed by atoms with Gasteiger partial charge in [-0.15, -0.1) is 24.3 Å². The molecule has 0 amide bonds. The van der Waals surface area contributed by atoms with Crippen LogP contribution in [0.1, 0.15) is 38.8 Å². The van der Waals surface area contributed by atoms with E-state index in [2.05, 4.69) is 43.7 Å². The topological polar surface area (TPSA) is 43.2 Å². The maximum Gasteiger partial charge on any atom is 1.00 e. The van der Waals surface area contributed by atoms with Crippen molar-refractivity contribution in [1.82, 2.24) is 0 Å². The number of aliphatic imine (C=N–C) groups is 2. The van der Waals surface area contributed by atoms with Crippen molar-refractivity contribution in [3.8, 4) is 0 Å². The molecule has 0 aromatic heterocycles. The van der Waals surface area contributed by atoms with Crippen LogP contribution in [-0.2, 0) is 9.47 Å². The fourth-order valence-electron chi connectivity index (χ4n) is 2.48. The Morgan fingerprint density at radius 1 is 0.913 bits per heavy atom. The summed E-state index contributed by atoms with van der Waals surface area (Å²) >= 11 is 0. The van der Waals surface area contributed by atoms with Crippen LogP contribution in [0.15, 0.2) is 28.2 Å². The molecule has 0 saturated carbocycles. The van der Waals surface area contributed by atoms with Gasteiger partial charge in [0.1, 0.15) is 25.0 Å². The standard InChI is InChI=1S/C18H23N2O2.Li/c1-11(2)15-9-21-17(19-15)13-6-5-7-14(8-13)18-20-16(10-22-18)12(3)4;/h5-7,11-12,15-16H,9-10H2,1-4H3;/q-1;+1/t15-,16-;/m1./s1. The predicted octanol–water partition coefficient (Wildman–Crippen LogP) is 0.0936. The van der Waals surface area contributed by atoms with Crippen LogP contribution in [0.4, 0.5) is 0 Å². The molecular weight excluding hydrogens is 283 g/mol.